The highest BCUT2D eigenvalue weighted by Gasteiger charge is 2.23. The maximum absolute atomic E-state index is 10.7. The number of rotatable bonds is 3. The van der Waals surface area contributed by atoms with Gasteiger partial charge in [-0.3, -0.25) is 10.1 Å². The van der Waals surface area contributed by atoms with Crippen molar-refractivity contribution < 1.29 is 14.4 Å². The molecule has 6 heteroatoms. The van der Waals surface area contributed by atoms with E-state index in [1.807, 2.05) is 6.07 Å². The smallest absolute Gasteiger partial charge is 0.352 e. The number of benzene rings is 1. The number of nitro benzene ring substituents is 1. The predicted molar refractivity (Wildman–Crippen MR) is 50.9 cm³/mol. The average Bonchev–Trinajstić information content (AvgIpc) is 2.26. The quantitative estimate of drug-likeness (QED) is 0.554. The summed E-state index contributed by atoms with van der Waals surface area (Å²) in [6.07, 6.45) is 0. The minimum Gasteiger partial charge on any atom is -0.490 e. The molecule has 0 atom stereocenters. The molecule has 6 nitrogen and oxygen atoms in total. The maximum Gasteiger partial charge on any atom is 0.352 e. The van der Waals surface area contributed by atoms with E-state index in [4.69, 9.17) is 14.7 Å². The fourth-order valence-electron chi connectivity index (χ4n) is 1.14. The van der Waals surface area contributed by atoms with Gasteiger partial charge in [0.15, 0.2) is 0 Å². The van der Waals surface area contributed by atoms with Crippen LogP contribution in [0.4, 0.5) is 5.69 Å². The number of hydrogen-bond donors (Lipinski definition) is 0. The second-order valence-electron chi connectivity index (χ2n) is 2.60. The summed E-state index contributed by atoms with van der Waals surface area (Å²) in [6, 6.07) is 4.44. The van der Waals surface area contributed by atoms with Gasteiger partial charge in [-0.2, -0.15) is 5.26 Å². The highest BCUT2D eigenvalue weighted by molar-refractivity contribution is 5.61. The van der Waals surface area contributed by atoms with Crippen molar-refractivity contribution in [2.45, 2.75) is 0 Å². The summed E-state index contributed by atoms with van der Waals surface area (Å²) in [5.41, 5.74) is -0.0340. The summed E-state index contributed by atoms with van der Waals surface area (Å²) < 4.78 is 9.64. The average molecular weight is 208 g/mol. The van der Waals surface area contributed by atoms with Gasteiger partial charge in [-0.05, 0) is 0 Å². The van der Waals surface area contributed by atoms with Crippen LogP contribution in [0, 0.1) is 21.4 Å². The minimum atomic E-state index is -0.612. The van der Waals surface area contributed by atoms with Crippen molar-refractivity contribution in [3.63, 3.8) is 0 Å². The molecule has 78 valence electrons. The zero-order valence-corrected chi connectivity index (χ0v) is 8.18. The fourth-order valence-corrected chi connectivity index (χ4v) is 1.14. The van der Waals surface area contributed by atoms with Crippen LogP contribution in [-0.4, -0.2) is 19.1 Å². The van der Waals surface area contributed by atoms with Crippen LogP contribution in [0.5, 0.6) is 11.5 Å². The van der Waals surface area contributed by atoms with Crippen LogP contribution in [0.1, 0.15) is 5.56 Å². The molecule has 0 aliphatic rings. The van der Waals surface area contributed by atoms with Crippen molar-refractivity contribution >= 4 is 5.69 Å². The number of ether oxygens (including phenoxy) is 2. The van der Waals surface area contributed by atoms with Gasteiger partial charge in [-0.25, -0.2) is 0 Å². The lowest BCUT2D eigenvalue weighted by Gasteiger charge is -2.06. The van der Waals surface area contributed by atoms with E-state index in [0.717, 1.165) is 0 Å². The van der Waals surface area contributed by atoms with Crippen LogP contribution in [0.3, 0.4) is 0 Å². The second-order valence-corrected chi connectivity index (χ2v) is 2.60. The molecule has 1 rings (SSSR count). The van der Waals surface area contributed by atoms with E-state index in [0.29, 0.717) is 0 Å². The van der Waals surface area contributed by atoms with Crippen molar-refractivity contribution in [3.05, 3.63) is 27.8 Å². The third-order valence-corrected chi connectivity index (χ3v) is 1.79. The third kappa shape index (κ3) is 1.96. The Bertz CT molecular complexity index is 411. The predicted octanol–water partition coefficient (Wildman–Crippen LogP) is 1.48. The Morgan fingerprint density at radius 2 is 1.80 bits per heavy atom. The van der Waals surface area contributed by atoms with Gasteiger partial charge >= 0.3 is 5.69 Å². The molecule has 0 saturated carbocycles. The molecule has 0 fully saturated rings. The molecule has 0 N–H and O–H groups in total. The van der Waals surface area contributed by atoms with Crippen LogP contribution in [-0.2, 0) is 0 Å². The molecule has 0 saturated heterocycles. The summed E-state index contributed by atoms with van der Waals surface area (Å²) in [5.74, 6) is 0.0202. The molecule has 0 heterocycles. The van der Waals surface area contributed by atoms with Crippen molar-refractivity contribution in [2.75, 3.05) is 14.2 Å². The van der Waals surface area contributed by atoms with E-state index >= 15 is 0 Å². The topological polar surface area (TPSA) is 85.4 Å². The third-order valence-electron chi connectivity index (χ3n) is 1.79. The van der Waals surface area contributed by atoms with Crippen molar-refractivity contribution in [2.24, 2.45) is 0 Å². The molecular weight excluding hydrogens is 200 g/mol. The van der Waals surface area contributed by atoms with Crippen molar-refractivity contribution in [1.82, 2.24) is 0 Å². The standard InChI is InChI=1S/C9H8N2O4/c1-14-7-3-6(5-10)4-8(15-2)9(7)11(12)13/h3-4H,1-2H3. The highest BCUT2D eigenvalue weighted by Crippen LogP contribution is 2.37. The summed E-state index contributed by atoms with van der Waals surface area (Å²) in [6.45, 7) is 0. The monoisotopic (exact) mass is 208 g/mol. The van der Waals surface area contributed by atoms with E-state index in [2.05, 4.69) is 0 Å². The van der Waals surface area contributed by atoms with Gasteiger partial charge in [0.25, 0.3) is 0 Å². The fraction of sp³-hybridized carbons (Fsp3) is 0.222. The van der Waals surface area contributed by atoms with Gasteiger partial charge in [0.05, 0.1) is 30.8 Å². The lowest BCUT2D eigenvalue weighted by Crippen LogP contribution is -1.98. The van der Waals surface area contributed by atoms with Crippen LogP contribution in [0.25, 0.3) is 0 Å². The Hall–Kier alpha value is -2.29. The summed E-state index contributed by atoms with van der Waals surface area (Å²) in [4.78, 5) is 10.1. The molecule has 0 aliphatic heterocycles. The van der Waals surface area contributed by atoms with Gasteiger partial charge in [-0.1, -0.05) is 0 Å². The van der Waals surface area contributed by atoms with Gasteiger partial charge in [-0.15, -0.1) is 0 Å². The number of nitrogens with zero attached hydrogens (tertiary/aromatic N) is 2. The Balaban J connectivity index is 3.48. The number of nitro groups is 1. The second kappa shape index (κ2) is 4.28. The molecule has 15 heavy (non-hydrogen) atoms. The van der Waals surface area contributed by atoms with Crippen molar-refractivity contribution in [3.8, 4) is 17.6 Å². The zero-order valence-electron chi connectivity index (χ0n) is 8.18. The number of methoxy groups -OCH3 is 2. The van der Waals surface area contributed by atoms with E-state index < -0.39 is 4.92 Å². The van der Waals surface area contributed by atoms with E-state index in [1.54, 1.807) is 0 Å². The lowest BCUT2D eigenvalue weighted by atomic mass is 10.2. The van der Waals surface area contributed by atoms with Gasteiger partial charge in [0, 0.05) is 12.1 Å². The molecule has 0 spiro atoms. The molecule has 1 aromatic rings. The molecule has 1 aromatic carbocycles. The minimum absolute atomic E-state index is 0.0101. The molecule has 0 bridgehead atoms. The SMILES string of the molecule is COc1cc(C#N)cc(OC)c1[N+](=O)[O-]. The first kappa shape index (κ1) is 10.8. The first-order valence-electron chi connectivity index (χ1n) is 3.94. The summed E-state index contributed by atoms with van der Waals surface area (Å²) in [5, 5.41) is 19.4. The first-order valence-corrected chi connectivity index (χ1v) is 3.94. The molecular formula is C9H8N2O4. The van der Waals surface area contributed by atoms with Gasteiger partial charge in [0.2, 0.25) is 11.5 Å². The van der Waals surface area contributed by atoms with Crippen LogP contribution < -0.4 is 9.47 Å². The normalized spacial score (nSPS) is 9.13. The summed E-state index contributed by atoms with van der Waals surface area (Å²) in [7, 11) is 2.59. The molecule has 0 aliphatic carbocycles. The van der Waals surface area contributed by atoms with E-state index in [1.165, 1.54) is 26.4 Å². The van der Waals surface area contributed by atoms with Crippen LogP contribution in [0.2, 0.25) is 0 Å². The Morgan fingerprint density at radius 1 is 1.33 bits per heavy atom. The Morgan fingerprint density at radius 3 is 2.07 bits per heavy atom. The number of hydrogen-bond acceptors (Lipinski definition) is 5. The molecule has 0 unspecified atom stereocenters. The lowest BCUT2D eigenvalue weighted by molar-refractivity contribution is -0.386. The Labute approximate surface area is 85.8 Å². The van der Waals surface area contributed by atoms with E-state index in [9.17, 15) is 10.1 Å². The van der Waals surface area contributed by atoms with Gasteiger partial charge < -0.3 is 9.47 Å². The highest BCUT2D eigenvalue weighted by atomic mass is 16.6. The maximum atomic E-state index is 10.7. The number of nitriles is 1. The largest absolute Gasteiger partial charge is 0.490 e. The first-order chi connectivity index (χ1) is 7.13. The van der Waals surface area contributed by atoms with Crippen LogP contribution in [0.15, 0.2) is 12.1 Å². The van der Waals surface area contributed by atoms with Gasteiger partial charge in [0.1, 0.15) is 0 Å². The molecule has 0 radical (unpaired) electrons. The van der Waals surface area contributed by atoms with Crippen molar-refractivity contribution in [1.29, 1.82) is 5.26 Å². The van der Waals surface area contributed by atoms with Crippen LogP contribution >= 0.6 is 0 Å². The molecule has 0 amide bonds. The van der Waals surface area contributed by atoms with E-state index in [-0.39, 0.29) is 22.7 Å². The summed E-state index contributed by atoms with van der Waals surface area (Å²) >= 11 is 0. The zero-order chi connectivity index (χ0) is 11.4. The molecule has 0 aromatic heterocycles. The Kier molecular flexibility index (Phi) is 3.08.